The monoisotopic (exact) mass is 1360 g/mol. The SMILES string of the molecule is O=P([O-])([O-])F.O=P([O-])([O-])F.O=P([O-])([O-])F.O=P([O-])([O-])F.O=P([O-])([O-])F.O=P([O-])([O-])F.[Ir+3].[Ir+3].[Ir+3].[Ir+3]. The van der Waals surface area contributed by atoms with Gasteiger partial charge in [-0.3, -0.25) is 0 Å². The minimum atomic E-state index is -5.64. The van der Waals surface area contributed by atoms with Crippen molar-refractivity contribution < 1.29 is 192 Å². The first kappa shape index (κ1) is 65.8. The van der Waals surface area contributed by atoms with Gasteiger partial charge in [0.1, 0.15) is 47.4 Å². The second kappa shape index (κ2) is 29.1. The molecule has 0 aliphatic heterocycles. The fourth-order valence-electron chi connectivity index (χ4n) is 0. The Morgan fingerprint density at radius 1 is 0.265 bits per heavy atom. The van der Waals surface area contributed by atoms with Crippen LogP contribution in [0, 0.1) is 0 Å². The largest absolute Gasteiger partial charge is 3.00 e. The molecule has 0 aromatic heterocycles. The van der Waals surface area contributed by atoms with E-state index in [2.05, 4.69) is 0 Å². The predicted octanol–water partition coefficient (Wildman–Crippen LogP) is -7.30. The summed E-state index contributed by atoms with van der Waals surface area (Å²) in [6, 6.07) is 0. The third-order valence-electron chi connectivity index (χ3n) is 0. The molecule has 34 heavy (non-hydrogen) atoms. The fourth-order valence-corrected chi connectivity index (χ4v) is 0. The smallest absolute Gasteiger partial charge is 0.786 e. The number of rotatable bonds is 0. The van der Waals surface area contributed by atoms with E-state index in [0.717, 1.165) is 0 Å². The van der Waals surface area contributed by atoms with Crippen LogP contribution in [-0.4, -0.2) is 0 Å². The van der Waals surface area contributed by atoms with E-state index in [1.807, 2.05) is 0 Å². The summed E-state index contributed by atoms with van der Waals surface area (Å²) in [5.41, 5.74) is 0. The van der Waals surface area contributed by atoms with Crippen LogP contribution in [0.15, 0.2) is 0 Å². The Bertz CT molecular complexity index is 491. The molecule has 0 N–H and O–H groups in total. The van der Waals surface area contributed by atoms with Crippen LogP contribution in [0.3, 0.4) is 0 Å². The topological polar surface area (TPSA) is 379 Å². The maximum absolute atomic E-state index is 10.1. The fraction of sp³-hybridized carbons (Fsp3) is 0. The molecule has 0 saturated heterocycles. The zero-order valence-electron chi connectivity index (χ0n) is 13.6. The molecule has 18 nitrogen and oxygen atoms in total. The van der Waals surface area contributed by atoms with E-state index in [1.165, 1.54) is 0 Å². The first-order valence-corrected chi connectivity index (χ1v) is 12.9. The number of hydrogen-bond donors (Lipinski definition) is 0. The van der Waals surface area contributed by atoms with Crippen molar-refractivity contribution >= 4 is 47.4 Å². The van der Waals surface area contributed by atoms with Crippen LogP contribution >= 0.6 is 47.4 Å². The van der Waals surface area contributed by atoms with Gasteiger partial charge < -0.3 is 86.1 Å². The minimum absolute atomic E-state index is 0. The van der Waals surface area contributed by atoms with E-state index in [0.29, 0.717) is 0 Å². The van der Waals surface area contributed by atoms with Gasteiger partial charge >= 0.3 is 80.4 Å². The maximum Gasteiger partial charge on any atom is 3.00 e. The summed E-state index contributed by atoms with van der Waals surface area (Å²) in [6.45, 7) is 0. The van der Waals surface area contributed by atoms with E-state index in [-0.39, 0.29) is 80.4 Å². The van der Waals surface area contributed by atoms with Crippen molar-refractivity contribution in [2.75, 3.05) is 0 Å². The molecule has 0 saturated carbocycles. The van der Waals surface area contributed by atoms with E-state index < -0.39 is 47.4 Å². The molecule has 0 fully saturated rings. The molecule has 0 bridgehead atoms. The molecule has 0 amide bonds. The first-order valence-electron chi connectivity index (χ1n) is 4.30. The summed E-state index contributed by atoms with van der Waals surface area (Å²) in [5.74, 6) is 0. The first-order chi connectivity index (χ1) is 12.0. The van der Waals surface area contributed by atoms with E-state index >= 15 is 0 Å². The standard InChI is InChI=1S/6FH2O3P.4Ir/c6*1-5(2,3)4;;;;/h6*(H2,2,3,4);;;;/q;;;;;;4*+3/p-12. The Kier molecular flexibility index (Phi) is 56.3. The molecule has 216 valence electrons. The van der Waals surface area contributed by atoms with Crippen molar-refractivity contribution in [3.8, 4) is 0 Å². The van der Waals surface area contributed by atoms with Crippen LogP contribution in [-0.2, 0) is 108 Å². The molecule has 34 heteroatoms. The zero-order valence-corrected chi connectivity index (χ0v) is 28.6. The van der Waals surface area contributed by atoms with Gasteiger partial charge in [-0.15, -0.1) is 0 Å². The number of halogens is 6. The molecule has 0 unspecified atom stereocenters. The third-order valence-corrected chi connectivity index (χ3v) is 0. The molecule has 0 rings (SSSR count). The van der Waals surface area contributed by atoms with Crippen molar-refractivity contribution in [1.29, 1.82) is 0 Å². The Hall–Kier alpha value is 3.08. The molecule has 0 atom stereocenters. The van der Waals surface area contributed by atoms with Gasteiger partial charge in [0.25, 0.3) is 0 Å². The van der Waals surface area contributed by atoms with Gasteiger partial charge in [0.2, 0.25) is 0 Å². The Morgan fingerprint density at radius 3 is 0.265 bits per heavy atom. The van der Waals surface area contributed by atoms with Gasteiger partial charge in [0.15, 0.2) is 0 Å². The van der Waals surface area contributed by atoms with E-state index in [1.54, 1.807) is 0 Å². The van der Waals surface area contributed by atoms with Gasteiger partial charge in [-0.1, -0.05) is 0 Å². The van der Waals surface area contributed by atoms with Crippen molar-refractivity contribution in [2.24, 2.45) is 0 Å². The second-order valence-corrected chi connectivity index (χ2v) is 7.75. The molecule has 0 aromatic carbocycles. The van der Waals surface area contributed by atoms with Gasteiger partial charge in [-0.05, 0) is 0 Å². The Labute approximate surface area is 237 Å². The van der Waals surface area contributed by atoms with Gasteiger partial charge in [0, 0.05) is 0 Å². The summed E-state index contributed by atoms with van der Waals surface area (Å²) in [7, 11) is -33.8. The molecular formula is F6Ir4O18P6. The summed E-state index contributed by atoms with van der Waals surface area (Å²) in [4.78, 5) is 101. The van der Waals surface area contributed by atoms with Crippen LogP contribution in [0.4, 0.5) is 25.2 Å². The summed E-state index contributed by atoms with van der Waals surface area (Å²) < 4.78 is 111. The molecule has 0 spiro atoms. The van der Waals surface area contributed by atoms with Crippen LogP contribution in [0.1, 0.15) is 0 Å². The van der Waals surface area contributed by atoms with Crippen LogP contribution in [0.25, 0.3) is 0 Å². The Morgan fingerprint density at radius 2 is 0.265 bits per heavy atom. The second-order valence-electron chi connectivity index (χ2n) is 2.58. The van der Waals surface area contributed by atoms with Crippen LogP contribution < -0.4 is 58.7 Å². The average Bonchev–Trinajstić information content (AvgIpc) is 1.94. The zero-order chi connectivity index (χ0) is 27.0. The summed E-state index contributed by atoms with van der Waals surface area (Å²) in [5, 5.41) is 0. The van der Waals surface area contributed by atoms with E-state index in [4.69, 9.17) is 86.1 Å². The quantitative estimate of drug-likeness (QED) is 0.161. The van der Waals surface area contributed by atoms with Crippen molar-refractivity contribution in [1.82, 2.24) is 0 Å². The average molecular weight is 1360 g/mol. The van der Waals surface area contributed by atoms with Crippen molar-refractivity contribution in [3.05, 3.63) is 0 Å². The summed E-state index contributed by atoms with van der Waals surface area (Å²) in [6.07, 6.45) is 0. The molecule has 0 aliphatic rings. The molecule has 0 radical (unpaired) electrons. The van der Waals surface area contributed by atoms with Gasteiger partial charge in [-0.2, -0.15) is 0 Å². The predicted molar refractivity (Wildman–Crippen MR) is 52.3 cm³/mol. The maximum atomic E-state index is 10.1. The van der Waals surface area contributed by atoms with Crippen LogP contribution in [0.5, 0.6) is 0 Å². The normalized spacial score (nSPS) is 10.4. The molecular weight excluding hydrogens is 1360 g/mol. The van der Waals surface area contributed by atoms with Gasteiger partial charge in [0.05, 0.1) is 0 Å². The van der Waals surface area contributed by atoms with Gasteiger partial charge in [-0.25, -0.2) is 25.2 Å². The minimum Gasteiger partial charge on any atom is -0.786 e. The van der Waals surface area contributed by atoms with Crippen LogP contribution in [0.2, 0.25) is 0 Å². The molecule has 0 heterocycles. The van der Waals surface area contributed by atoms with Crippen molar-refractivity contribution in [3.63, 3.8) is 0 Å². The molecule has 0 aromatic rings. The molecule has 0 aliphatic carbocycles. The summed E-state index contributed by atoms with van der Waals surface area (Å²) >= 11 is 0. The van der Waals surface area contributed by atoms with E-state index in [9.17, 15) is 25.2 Å². The Balaban J connectivity index is -0.0000000248. The number of hydrogen-bond acceptors (Lipinski definition) is 18. The third kappa shape index (κ3) is 4300. The van der Waals surface area contributed by atoms with Crippen molar-refractivity contribution in [2.45, 2.75) is 0 Å².